The van der Waals surface area contributed by atoms with Gasteiger partial charge in [-0.1, -0.05) is 133 Å². The highest BCUT2D eigenvalue weighted by Crippen LogP contribution is 2.48. The van der Waals surface area contributed by atoms with Gasteiger partial charge in [0.2, 0.25) is 0 Å². The maximum atomic E-state index is 14.5. The molecule has 0 bridgehead atoms. The summed E-state index contributed by atoms with van der Waals surface area (Å²) in [6, 6.07) is 29.1. The molecule has 7 N–H and O–H groups in total. The van der Waals surface area contributed by atoms with Crippen LogP contribution in [0.4, 0.5) is 25.9 Å². The standard InChI is InChI=1S/C39H51N7O6/c1-36(2,3)38(37(4,5)6,52-34(41)49)27-45(23-25-51-33(40)48)35(50)43-31-26-42-46(22-24-47)32(31)44-39(28-16-10-7-11-17-28,29-18-12-8-13-19-29)30-20-14-9-15-21-30/h7-21,26,44,47H,22-25,27H2,1-6H3,(H2,40,48)(H2,41,49)(H,43,50). The molecule has 4 rings (SSSR count). The van der Waals surface area contributed by atoms with E-state index in [0.717, 1.165) is 16.7 Å². The molecule has 1 heterocycles. The molecule has 4 amide bonds. The molecule has 13 nitrogen and oxygen atoms in total. The number of ether oxygens (including phenoxy) is 2. The second-order valence-electron chi connectivity index (χ2n) is 14.6. The van der Waals surface area contributed by atoms with E-state index in [1.54, 1.807) is 4.68 Å². The molecular weight excluding hydrogens is 662 g/mol. The van der Waals surface area contributed by atoms with Gasteiger partial charge in [-0.25, -0.2) is 19.1 Å². The first-order chi connectivity index (χ1) is 24.6. The molecule has 0 saturated carbocycles. The molecule has 0 atom stereocenters. The lowest BCUT2D eigenvalue weighted by Crippen LogP contribution is -2.64. The number of aromatic nitrogens is 2. The zero-order valence-electron chi connectivity index (χ0n) is 30.8. The zero-order valence-corrected chi connectivity index (χ0v) is 30.8. The van der Waals surface area contributed by atoms with Gasteiger partial charge >= 0.3 is 18.2 Å². The van der Waals surface area contributed by atoms with Crippen molar-refractivity contribution in [3.8, 4) is 0 Å². The van der Waals surface area contributed by atoms with E-state index in [-0.39, 0.29) is 32.8 Å². The number of urea groups is 1. The molecule has 0 aliphatic heterocycles. The van der Waals surface area contributed by atoms with Crippen LogP contribution >= 0.6 is 0 Å². The van der Waals surface area contributed by atoms with Gasteiger partial charge in [0.1, 0.15) is 29.3 Å². The quantitative estimate of drug-likeness (QED) is 0.0965. The average Bonchev–Trinajstić information content (AvgIpc) is 3.45. The van der Waals surface area contributed by atoms with E-state index in [1.807, 2.05) is 133 Å². The number of carbonyl (C=O) groups excluding carboxylic acids is 3. The van der Waals surface area contributed by atoms with Crippen LogP contribution in [0.5, 0.6) is 0 Å². The summed E-state index contributed by atoms with van der Waals surface area (Å²) in [6.07, 6.45) is -0.489. The number of carbonyl (C=O) groups is 3. The van der Waals surface area contributed by atoms with E-state index in [4.69, 9.17) is 20.9 Å². The lowest BCUT2D eigenvalue weighted by atomic mass is 9.62. The number of hydrogen-bond donors (Lipinski definition) is 5. The summed E-state index contributed by atoms with van der Waals surface area (Å²) in [7, 11) is 0. The Hall–Kier alpha value is -5.56. The second-order valence-corrected chi connectivity index (χ2v) is 14.6. The molecule has 0 spiro atoms. The number of nitrogens with zero attached hydrogens (tertiary/aromatic N) is 3. The molecule has 4 aromatic rings. The number of aliphatic hydroxyl groups excluding tert-OH is 1. The van der Waals surface area contributed by atoms with Gasteiger partial charge in [0.15, 0.2) is 0 Å². The largest absolute Gasteiger partial charge is 0.448 e. The molecule has 0 fully saturated rings. The van der Waals surface area contributed by atoms with Crippen LogP contribution in [0.25, 0.3) is 0 Å². The van der Waals surface area contributed by atoms with E-state index in [1.165, 1.54) is 11.1 Å². The van der Waals surface area contributed by atoms with E-state index >= 15 is 0 Å². The van der Waals surface area contributed by atoms with Gasteiger partial charge in [-0.15, -0.1) is 0 Å². The summed E-state index contributed by atoms with van der Waals surface area (Å²) in [5, 5.41) is 21.4. The van der Waals surface area contributed by atoms with Crippen LogP contribution in [0.3, 0.4) is 0 Å². The van der Waals surface area contributed by atoms with Crippen molar-refractivity contribution in [1.29, 1.82) is 0 Å². The Kier molecular flexibility index (Phi) is 12.2. The third kappa shape index (κ3) is 8.48. The Morgan fingerprint density at radius 3 is 1.67 bits per heavy atom. The maximum Gasteiger partial charge on any atom is 0.405 e. The first kappa shape index (κ1) is 39.2. The topological polar surface area (TPSA) is 187 Å². The third-order valence-electron chi connectivity index (χ3n) is 9.32. The predicted molar refractivity (Wildman–Crippen MR) is 201 cm³/mol. The van der Waals surface area contributed by atoms with E-state index < -0.39 is 40.2 Å². The normalized spacial score (nSPS) is 12.1. The molecule has 0 aliphatic rings. The summed E-state index contributed by atoms with van der Waals surface area (Å²) < 4.78 is 12.6. The highest BCUT2D eigenvalue weighted by Gasteiger charge is 2.55. The number of primary amides is 2. The summed E-state index contributed by atoms with van der Waals surface area (Å²) in [5.74, 6) is 0.415. The lowest BCUT2D eigenvalue weighted by Gasteiger charge is -2.53. The third-order valence-corrected chi connectivity index (χ3v) is 9.32. The molecule has 52 heavy (non-hydrogen) atoms. The van der Waals surface area contributed by atoms with Crippen LogP contribution in [0.1, 0.15) is 58.2 Å². The second kappa shape index (κ2) is 16.2. The Bertz CT molecular complexity index is 1670. The number of hydrogen-bond acceptors (Lipinski definition) is 8. The van der Waals surface area contributed by atoms with Crippen molar-refractivity contribution in [3.05, 3.63) is 114 Å². The van der Waals surface area contributed by atoms with Crippen LogP contribution in [0.15, 0.2) is 97.2 Å². The number of nitrogens with two attached hydrogens (primary N) is 2. The lowest BCUT2D eigenvalue weighted by molar-refractivity contribution is -0.147. The van der Waals surface area contributed by atoms with Gasteiger partial charge in [-0.2, -0.15) is 5.10 Å². The first-order valence-electron chi connectivity index (χ1n) is 17.1. The van der Waals surface area contributed by atoms with Gasteiger partial charge in [-0.3, -0.25) is 0 Å². The summed E-state index contributed by atoms with van der Waals surface area (Å²) in [5.41, 5.74) is 10.2. The smallest absolute Gasteiger partial charge is 0.405 e. The number of amides is 4. The predicted octanol–water partition coefficient (Wildman–Crippen LogP) is 6.13. The van der Waals surface area contributed by atoms with Crippen molar-refractivity contribution in [2.45, 2.75) is 59.2 Å². The minimum absolute atomic E-state index is 0.0969. The van der Waals surface area contributed by atoms with E-state index in [0.29, 0.717) is 11.5 Å². The zero-order chi connectivity index (χ0) is 38.2. The molecular formula is C39H51N7O6. The van der Waals surface area contributed by atoms with Gasteiger partial charge in [0.05, 0.1) is 32.4 Å². The minimum Gasteiger partial charge on any atom is -0.448 e. The first-order valence-corrected chi connectivity index (χ1v) is 17.1. The fraction of sp³-hybridized carbons (Fsp3) is 0.385. The summed E-state index contributed by atoms with van der Waals surface area (Å²) >= 11 is 0. The minimum atomic E-state index is -1.30. The Labute approximate surface area is 305 Å². The molecule has 3 aromatic carbocycles. The number of rotatable bonds is 14. The van der Waals surface area contributed by atoms with Gasteiger partial charge < -0.3 is 41.6 Å². The van der Waals surface area contributed by atoms with Crippen molar-refractivity contribution < 1.29 is 29.0 Å². The monoisotopic (exact) mass is 713 g/mol. The number of aliphatic hydroxyl groups is 1. The highest BCUT2D eigenvalue weighted by atomic mass is 16.6. The maximum absolute atomic E-state index is 14.5. The Morgan fingerprint density at radius 1 is 0.788 bits per heavy atom. The molecule has 1 aromatic heterocycles. The van der Waals surface area contributed by atoms with Crippen LogP contribution in [-0.2, 0) is 21.6 Å². The fourth-order valence-corrected chi connectivity index (χ4v) is 6.91. The van der Waals surface area contributed by atoms with Crippen LogP contribution in [0, 0.1) is 10.8 Å². The molecule has 0 radical (unpaired) electrons. The van der Waals surface area contributed by atoms with Crippen molar-refractivity contribution in [1.82, 2.24) is 14.7 Å². The molecule has 13 heteroatoms. The highest BCUT2D eigenvalue weighted by molar-refractivity contribution is 5.93. The number of anilines is 2. The van der Waals surface area contributed by atoms with Crippen molar-refractivity contribution >= 4 is 29.7 Å². The molecule has 0 saturated heterocycles. The molecule has 0 aliphatic carbocycles. The van der Waals surface area contributed by atoms with Crippen molar-refractivity contribution in [3.63, 3.8) is 0 Å². The number of benzene rings is 3. The van der Waals surface area contributed by atoms with E-state index in [2.05, 4.69) is 15.7 Å². The van der Waals surface area contributed by atoms with Gasteiger partial charge in [0.25, 0.3) is 0 Å². The molecule has 278 valence electrons. The average molecular weight is 714 g/mol. The molecule has 0 unspecified atom stereocenters. The van der Waals surface area contributed by atoms with Crippen LogP contribution in [-0.4, -0.2) is 69.9 Å². The number of nitrogens with one attached hydrogen (secondary N) is 2. The van der Waals surface area contributed by atoms with E-state index in [9.17, 15) is 19.5 Å². The Morgan fingerprint density at radius 2 is 1.27 bits per heavy atom. The summed E-state index contributed by atoms with van der Waals surface area (Å²) in [4.78, 5) is 39.8. The van der Waals surface area contributed by atoms with Gasteiger partial charge in [0, 0.05) is 10.8 Å². The Balaban J connectivity index is 1.87. The van der Waals surface area contributed by atoms with Crippen molar-refractivity contribution in [2.24, 2.45) is 22.3 Å². The van der Waals surface area contributed by atoms with Crippen LogP contribution < -0.4 is 22.1 Å². The van der Waals surface area contributed by atoms with Gasteiger partial charge in [-0.05, 0) is 16.7 Å². The van der Waals surface area contributed by atoms with Crippen molar-refractivity contribution in [2.75, 3.05) is 36.9 Å². The fourth-order valence-electron chi connectivity index (χ4n) is 6.91. The SMILES string of the molecule is CC(C)(C)C(CN(CCOC(N)=O)C(=O)Nc1cnn(CCO)c1NC(c1ccccc1)(c1ccccc1)c1ccccc1)(OC(N)=O)C(C)(C)C. The van der Waals surface area contributed by atoms with Crippen LogP contribution in [0.2, 0.25) is 0 Å². The summed E-state index contributed by atoms with van der Waals surface area (Å²) in [6.45, 7) is 10.8.